The zero-order valence-electron chi connectivity index (χ0n) is 35.1. The molecule has 0 aromatic heterocycles. The Bertz CT molecular complexity index is 1930. The van der Waals surface area contributed by atoms with Crippen molar-refractivity contribution >= 4 is 29.4 Å². The SMILES string of the molecule is CCCCCCCc1ccc(C(=O)C[C@@H](CCN)C(=O)N(C)[C@@H]2C(=O)C[C@@H](C)C(=O)N[C@H](C(=O)O)Cc3ccc(OCCN)c(c3)-c3cc2ccc3OCCN)c(C)c1. The fraction of sp³-hybridized carbons (Fsp3) is 0.500. The molecule has 0 saturated carbocycles. The van der Waals surface area contributed by atoms with Crippen LogP contribution in [0.4, 0.5) is 0 Å². The van der Waals surface area contributed by atoms with Gasteiger partial charge in [-0.25, -0.2) is 4.79 Å². The van der Waals surface area contributed by atoms with Gasteiger partial charge in [0.2, 0.25) is 11.8 Å². The Balaban J connectivity index is 1.77. The molecule has 3 aromatic carbocycles. The summed E-state index contributed by atoms with van der Waals surface area (Å²) < 4.78 is 12.1. The van der Waals surface area contributed by atoms with Gasteiger partial charge in [0.05, 0.1) is 0 Å². The molecule has 2 amide bonds. The van der Waals surface area contributed by atoms with E-state index in [0.717, 1.165) is 24.8 Å². The van der Waals surface area contributed by atoms with Crippen molar-refractivity contribution in [2.75, 3.05) is 39.9 Å². The van der Waals surface area contributed by atoms with E-state index in [2.05, 4.69) is 12.2 Å². The summed E-state index contributed by atoms with van der Waals surface area (Å²) in [7, 11) is 1.52. The predicted octanol–water partition coefficient (Wildman–Crippen LogP) is 5.31. The number of nitrogens with one attached hydrogen (secondary N) is 1. The average molecular weight is 814 g/mol. The molecule has 0 unspecified atom stereocenters. The van der Waals surface area contributed by atoms with Gasteiger partial charge in [0.15, 0.2) is 11.6 Å². The van der Waals surface area contributed by atoms with Crippen LogP contribution in [0.2, 0.25) is 0 Å². The molecule has 4 bridgehead atoms. The van der Waals surface area contributed by atoms with Crippen molar-refractivity contribution in [1.29, 1.82) is 0 Å². The first-order valence-corrected chi connectivity index (χ1v) is 20.9. The van der Waals surface area contributed by atoms with Gasteiger partial charge in [-0.15, -0.1) is 0 Å². The number of carboxylic acid groups (broad SMARTS) is 1. The third kappa shape index (κ3) is 12.7. The lowest BCUT2D eigenvalue weighted by Gasteiger charge is -2.32. The highest BCUT2D eigenvalue weighted by Gasteiger charge is 2.36. The number of Topliss-reactive ketones (excluding diaryl/α,β-unsaturated/α-hetero) is 2. The van der Waals surface area contributed by atoms with Crippen LogP contribution in [0, 0.1) is 18.8 Å². The van der Waals surface area contributed by atoms with E-state index in [1.165, 1.54) is 36.8 Å². The van der Waals surface area contributed by atoms with Gasteiger partial charge in [0, 0.05) is 67.9 Å². The number of hydrogen-bond donors (Lipinski definition) is 5. The Morgan fingerprint density at radius 3 is 2.15 bits per heavy atom. The number of likely N-dealkylation sites (N-methyl/N-ethyl adjacent to an activating group) is 1. The van der Waals surface area contributed by atoms with E-state index in [1.54, 1.807) is 43.3 Å². The molecule has 13 heteroatoms. The summed E-state index contributed by atoms with van der Waals surface area (Å²) in [6.45, 7) is 6.57. The van der Waals surface area contributed by atoms with Crippen molar-refractivity contribution in [3.05, 3.63) is 82.4 Å². The molecule has 59 heavy (non-hydrogen) atoms. The summed E-state index contributed by atoms with van der Waals surface area (Å²) in [6.07, 6.45) is 6.54. The number of rotatable bonds is 20. The molecule has 1 aliphatic rings. The summed E-state index contributed by atoms with van der Waals surface area (Å²) in [5.74, 6) is -3.89. The number of benzene rings is 3. The Morgan fingerprint density at radius 2 is 1.53 bits per heavy atom. The summed E-state index contributed by atoms with van der Waals surface area (Å²) in [5, 5.41) is 12.7. The Labute approximate surface area is 348 Å². The molecular formula is C46H63N5O8. The third-order valence-electron chi connectivity index (χ3n) is 10.9. The number of ketones is 2. The highest BCUT2D eigenvalue weighted by molar-refractivity contribution is 6.01. The first-order valence-electron chi connectivity index (χ1n) is 20.9. The highest BCUT2D eigenvalue weighted by Crippen LogP contribution is 2.41. The Morgan fingerprint density at radius 1 is 0.864 bits per heavy atom. The van der Waals surface area contributed by atoms with E-state index < -0.39 is 47.5 Å². The van der Waals surface area contributed by atoms with E-state index in [4.69, 9.17) is 26.7 Å². The zero-order valence-corrected chi connectivity index (χ0v) is 35.1. The minimum absolute atomic E-state index is 0.0471. The molecule has 0 aliphatic carbocycles. The zero-order chi connectivity index (χ0) is 43.1. The molecule has 0 fully saturated rings. The van der Waals surface area contributed by atoms with Crippen LogP contribution >= 0.6 is 0 Å². The lowest BCUT2D eigenvalue weighted by atomic mass is 9.88. The van der Waals surface area contributed by atoms with Crippen molar-refractivity contribution in [2.45, 2.75) is 97.1 Å². The first kappa shape index (κ1) is 46.6. The van der Waals surface area contributed by atoms with Gasteiger partial charge in [-0.05, 0) is 79.3 Å². The number of aliphatic carboxylic acids is 1. The monoisotopic (exact) mass is 813 g/mol. The van der Waals surface area contributed by atoms with E-state index in [-0.39, 0.29) is 64.3 Å². The van der Waals surface area contributed by atoms with Gasteiger partial charge in [-0.3, -0.25) is 19.2 Å². The quantitative estimate of drug-likeness (QED) is 0.0728. The lowest BCUT2D eigenvalue weighted by Crippen LogP contribution is -2.45. The lowest BCUT2D eigenvalue weighted by molar-refractivity contribution is -0.144. The van der Waals surface area contributed by atoms with Gasteiger partial charge in [-0.2, -0.15) is 0 Å². The second-order valence-corrected chi connectivity index (χ2v) is 15.6. The van der Waals surface area contributed by atoms with Gasteiger partial charge < -0.3 is 42.0 Å². The van der Waals surface area contributed by atoms with Gasteiger partial charge in [-0.1, -0.05) is 69.9 Å². The van der Waals surface area contributed by atoms with E-state index in [0.29, 0.717) is 39.3 Å². The summed E-state index contributed by atoms with van der Waals surface area (Å²) in [4.78, 5) is 70.2. The van der Waals surface area contributed by atoms with Crippen LogP contribution in [-0.4, -0.2) is 85.3 Å². The largest absolute Gasteiger partial charge is 0.492 e. The van der Waals surface area contributed by atoms with E-state index in [9.17, 15) is 29.1 Å². The maximum absolute atomic E-state index is 14.6. The molecule has 3 aromatic rings. The number of carbonyl (C=O) groups is 5. The molecule has 4 atom stereocenters. The minimum Gasteiger partial charge on any atom is -0.492 e. The van der Waals surface area contributed by atoms with E-state index >= 15 is 0 Å². The van der Waals surface area contributed by atoms with Crippen LogP contribution in [0.25, 0.3) is 11.1 Å². The first-order chi connectivity index (χ1) is 28.3. The normalized spacial score (nSPS) is 17.4. The fourth-order valence-corrected chi connectivity index (χ4v) is 7.70. The van der Waals surface area contributed by atoms with Crippen molar-refractivity contribution < 1.29 is 38.6 Å². The van der Waals surface area contributed by atoms with Crippen molar-refractivity contribution in [3.8, 4) is 22.6 Å². The molecule has 0 radical (unpaired) electrons. The van der Waals surface area contributed by atoms with Crippen molar-refractivity contribution in [1.82, 2.24) is 10.2 Å². The van der Waals surface area contributed by atoms with Gasteiger partial charge in [0.1, 0.15) is 36.8 Å². The fourth-order valence-electron chi connectivity index (χ4n) is 7.70. The van der Waals surface area contributed by atoms with Crippen LogP contribution < -0.4 is 32.0 Å². The van der Waals surface area contributed by atoms with Crippen LogP contribution in [0.5, 0.6) is 11.5 Å². The topological polar surface area (TPSA) is 217 Å². The number of hydrogen-bond acceptors (Lipinski definition) is 10. The number of carbonyl (C=O) groups excluding carboxylic acids is 4. The molecule has 1 aliphatic heterocycles. The molecule has 320 valence electrons. The minimum atomic E-state index is -1.30. The number of aryl methyl sites for hydroxylation is 2. The second-order valence-electron chi connectivity index (χ2n) is 15.6. The molecular weight excluding hydrogens is 751 g/mol. The molecule has 8 N–H and O–H groups in total. The summed E-state index contributed by atoms with van der Waals surface area (Å²) in [5.41, 5.74) is 22.3. The molecule has 1 heterocycles. The van der Waals surface area contributed by atoms with Crippen molar-refractivity contribution in [2.24, 2.45) is 29.0 Å². The van der Waals surface area contributed by atoms with Crippen LogP contribution in [0.3, 0.4) is 0 Å². The second kappa shape index (κ2) is 22.9. The van der Waals surface area contributed by atoms with E-state index in [1.807, 2.05) is 25.1 Å². The smallest absolute Gasteiger partial charge is 0.326 e. The predicted molar refractivity (Wildman–Crippen MR) is 228 cm³/mol. The van der Waals surface area contributed by atoms with Crippen LogP contribution in [0.15, 0.2) is 54.6 Å². The molecule has 0 saturated heterocycles. The van der Waals surface area contributed by atoms with Gasteiger partial charge >= 0.3 is 5.97 Å². The third-order valence-corrected chi connectivity index (χ3v) is 10.9. The Kier molecular flexibility index (Phi) is 18.1. The number of amides is 2. The van der Waals surface area contributed by atoms with Gasteiger partial charge in [0.25, 0.3) is 0 Å². The maximum atomic E-state index is 14.6. The number of fused-ring (bicyclic) bond motifs is 5. The van der Waals surface area contributed by atoms with Crippen LogP contribution in [0.1, 0.15) is 104 Å². The number of nitrogens with zero attached hydrogens (tertiary/aromatic N) is 1. The molecule has 4 rings (SSSR count). The standard InChI is InChI=1S/C46H63N5O8/c1-5-6-7-8-9-10-31-11-14-35(29(2)23-31)39(52)28-34(17-18-47)45(55)51(4)43-33-13-16-42(59-22-20-49)37(27-33)36-25-32(12-15-41(36)58-21-19-48)26-38(46(56)57)50-44(54)30(3)24-40(43)53/h11-16,23,25,27,30,34,38,43H,5-10,17-22,24,26,28,47-49H2,1-4H3,(H,50,54)(H,56,57)/t30-,34-,38+,43+/m1/s1. The molecule has 0 spiro atoms. The number of nitrogens with two attached hydrogens (primary N) is 3. The summed E-state index contributed by atoms with van der Waals surface area (Å²) >= 11 is 0. The van der Waals surface area contributed by atoms with Crippen LogP contribution in [-0.2, 0) is 32.0 Å². The average Bonchev–Trinajstić information content (AvgIpc) is 3.21. The number of unbranched alkanes of at least 4 members (excludes halogenated alkanes) is 4. The number of ether oxygens (including phenoxy) is 2. The van der Waals surface area contributed by atoms with Crippen molar-refractivity contribution in [3.63, 3.8) is 0 Å². The maximum Gasteiger partial charge on any atom is 0.326 e. The molecule has 13 nitrogen and oxygen atoms in total. The Hall–Kier alpha value is -5.11. The summed E-state index contributed by atoms with van der Waals surface area (Å²) in [6, 6.07) is 13.7. The number of carboxylic acids is 1. The highest BCUT2D eigenvalue weighted by atomic mass is 16.5.